The lowest BCUT2D eigenvalue weighted by Gasteiger charge is -2.14. The van der Waals surface area contributed by atoms with E-state index in [1.807, 2.05) is 13.0 Å². The molecular weight excluding hydrogens is 236 g/mol. The number of carbonyl (C=O) groups excluding carboxylic acids is 1. The van der Waals surface area contributed by atoms with Crippen LogP contribution in [0.15, 0.2) is 36.5 Å². The Morgan fingerprint density at radius 1 is 1.21 bits per heavy atom. The lowest BCUT2D eigenvalue weighted by atomic mass is 10.1. The molecule has 19 heavy (non-hydrogen) atoms. The summed E-state index contributed by atoms with van der Waals surface area (Å²) >= 11 is 0. The van der Waals surface area contributed by atoms with Gasteiger partial charge in [-0.15, -0.1) is 0 Å². The summed E-state index contributed by atoms with van der Waals surface area (Å²) in [6.45, 7) is 8.24. The second kappa shape index (κ2) is 7.62. The van der Waals surface area contributed by atoms with E-state index < -0.39 is 0 Å². The number of carbonyl (C=O) groups is 1. The van der Waals surface area contributed by atoms with Crippen molar-refractivity contribution >= 4 is 6.03 Å². The molecule has 1 atom stereocenters. The van der Waals surface area contributed by atoms with Gasteiger partial charge in [0.05, 0.1) is 6.04 Å². The van der Waals surface area contributed by atoms with Gasteiger partial charge in [-0.05, 0) is 30.4 Å². The number of allylic oxidation sites excluding steroid dienone is 1. The third kappa shape index (κ3) is 5.60. The van der Waals surface area contributed by atoms with Gasteiger partial charge in [-0.3, -0.25) is 0 Å². The van der Waals surface area contributed by atoms with Crippen molar-refractivity contribution in [2.24, 2.45) is 5.92 Å². The van der Waals surface area contributed by atoms with Gasteiger partial charge in [-0.1, -0.05) is 51.1 Å². The average Bonchev–Trinajstić information content (AvgIpc) is 2.38. The summed E-state index contributed by atoms with van der Waals surface area (Å²) in [5.74, 6) is 0.430. The van der Waals surface area contributed by atoms with E-state index in [9.17, 15) is 4.79 Å². The fourth-order valence-electron chi connectivity index (χ4n) is 1.68. The lowest BCUT2D eigenvalue weighted by Crippen LogP contribution is -2.34. The van der Waals surface area contributed by atoms with Crippen LogP contribution in [0.4, 0.5) is 4.79 Å². The van der Waals surface area contributed by atoms with Gasteiger partial charge in [0.15, 0.2) is 0 Å². The van der Waals surface area contributed by atoms with Crippen molar-refractivity contribution in [1.29, 1.82) is 0 Å². The Hall–Kier alpha value is -1.77. The van der Waals surface area contributed by atoms with E-state index in [1.165, 1.54) is 5.56 Å². The maximum absolute atomic E-state index is 11.7. The Kier molecular flexibility index (Phi) is 6.13. The van der Waals surface area contributed by atoms with Crippen LogP contribution in [0.2, 0.25) is 0 Å². The molecule has 0 aliphatic heterocycles. The molecule has 1 unspecified atom stereocenters. The average molecular weight is 260 g/mol. The van der Waals surface area contributed by atoms with Gasteiger partial charge >= 0.3 is 6.03 Å². The fraction of sp³-hybridized carbons (Fsp3) is 0.438. The molecule has 2 amide bonds. The zero-order chi connectivity index (χ0) is 14.3. The zero-order valence-corrected chi connectivity index (χ0v) is 12.2. The third-order valence-electron chi connectivity index (χ3n) is 2.93. The molecule has 0 fully saturated rings. The van der Waals surface area contributed by atoms with E-state index in [-0.39, 0.29) is 12.1 Å². The highest BCUT2D eigenvalue weighted by Gasteiger charge is 2.07. The number of hydrogen-bond donors (Lipinski definition) is 2. The Labute approximate surface area is 116 Å². The Balaban J connectivity index is 2.49. The van der Waals surface area contributed by atoms with Gasteiger partial charge in [0.2, 0.25) is 0 Å². The highest BCUT2D eigenvalue weighted by atomic mass is 16.2. The molecule has 0 aliphatic rings. The number of aryl methyl sites for hydroxylation is 1. The number of benzene rings is 1. The molecule has 104 valence electrons. The topological polar surface area (TPSA) is 41.1 Å². The van der Waals surface area contributed by atoms with Gasteiger partial charge in [0, 0.05) is 6.20 Å². The van der Waals surface area contributed by atoms with Crippen molar-refractivity contribution in [2.75, 3.05) is 0 Å². The normalized spacial score (nSPS) is 12.7. The zero-order valence-electron chi connectivity index (χ0n) is 12.2. The second-order valence-corrected chi connectivity index (χ2v) is 5.04. The molecule has 0 heterocycles. The molecule has 0 bridgehead atoms. The predicted molar refractivity (Wildman–Crippen MR) is 79.9 cm³/mol. The van der Waals surface area contributed by atoms with E-state index in [0.29, 0.717) is 5.92 Å². The first kappa shape index (κ1) is 15.3. The smallest absolute Gasteiger partial charge is 0.319 e. The summed E-state index contributed by atoms with van der Waals surface area (Å²) in [6, 6.07) is 8.15. The highest BCUT2D eigenvalue weighted by molar-refractivity contribution is 5.75. The number of amides is 2. The van der Waals surface area contributed by atoms with Crippen LogP contribution >= 0.6 is 0 Å². The van der Waals surface area contributed by atoms with Gasteiger partial charge in [-0.2, -0.15) is 0 Å². The summed E-state index contributed by atoms with van der Waals surface area (Å²) in [5, 5.41) is 5.61. The summed E-state index contributed by atoms with van der Waals surface area (Å²) < 4.78 is 0. The molecule has 0 aromatic heterocycles. The summed E-state index contributed by atoms with van der Waals surface area (Å²) in [7, 11) is 0. The molecular formula is C16H24N2O. The first-order valence-electron chi connectivity index (χ1n) is 6.85. The van der Waals surface area contributed by atoms with Crippen LogP contribution in [-0.2, 0) is 6.42 Å². The minimum atomic E-state index is -0.177. The van der Waals surface area contributed by atoms with E-state index in [4.69, 9.17) is 0 Å². The lowest BCUT2D eigenvalue weighted by molar-refractivity contribution is 0.241. The predicted octanol–water partition coefficient (Wildman–Crippen LogP) is 3.78. The summed E-state index contributed by atoms with van der Waals surface area (Å²) in [4.78, 5) is 11.7. The minimum Gasteiger partial charge on any atom is -0.331 e. The van der Waals surface area contributed by atoms with Crippen LogP contribution in [-0.4, -0.2) is 6.03 Å². The molecule has 2 N–H and O–H groups in total. The largest absolute Gasteiger partial charge is 0.331 e. The SMILES string of the molecule is CCc1ccc(C(C)NC(=O)N/C=C/C(C)C)cc1. The molecule has 1 aromatic rings. The van der Waals surface area contributed by atoms with Crippen molar-refractivity contribution < 1.29 is 4.79 Å². The standard InChI is InChI=1S/C16H24N2O/c1-5-14-6-8-15(9-7-14)13(4)18-16(19)17-11-10-12(2)3/h6-13H,5H2,1-4H3,(H2,17,18,19)/b11-10+. The van der Waals surface area contributed by atoms with Gasteiger partial charge in [-0.25, -0.2) is 4.79 Å². The number of nitrogens with one attached hydrogen (secondary N) is 2. The van der Waals surface area contributed by atoms with Crippen molar-refractivity contribution in [1.82, 2.24) is 10.6 Å². The Bertz CT molecular complexity index is 421. The molecule has 1 aromatic carbocycles. The molecule has 0 saturated heterocycles. The van der Waals surface area contributed by atoms with E-state index in [1.54, 1.807) is 6.20 Å². The van der Waals surface area contributed by atoms with E-state index in [2.05, 4.69) is 55.7 Å². The van der Waals surface area contributed by atoms with Crippen LogP contribution < -0.4 is 10.6 Å². The van der Waals surface area contributed by atoms with Crippen LogP contribution in [0, 0.1) is 5.92 Å². The van der Waals surface area contributed by atoms with Crippen molar-refractivity contribution in [3.8, 4) is 0 Å². The second-order valence-electron chi connectivity index (χ2n) is 5.04. The Morgan fingerprint density at radius 3 is 2.37 bits per heavy atom. The highest BCUT2D eigenvalue weighted by Crippen LogP contribution is 2.13. The quantitative estimate of drug-likeness (QED) is 0.831. The maximum atomic E-state index is 11.7. The van der Waals surface area contributed by atoms with Crippen LogP contribution in [0.25, 0.3) is 0 Å². The molecule has 0 saturated carbocycles. The van der Waals surface area contributed by atoms with Crippen molar-refractivity contribution in [3.05, 3.63) is 47.7 Å². The molecule has 3 heteroatoms. The number of hydrogen-bond acceptors (Lipinski definition) is 1. The van der Waals surface area contributed by atoms with E-state index >= 15 is 0 Å². The molecule has 0 radical (unpaired) electrons. The molecule has 3 nitrogen and oxygen atoms in total. The van der Waals surface area contributed by atoms with Gasteiger partial charge < -0.3 is 10.6 Å². The molecule has 0 spiro atoms. The fourth-order valence-corrected chi connectivity index (χ4v) is 1.68. The Morgan fingerprint density at radius 2 is 1.84 bits per heavy atom. The van der Waals surface area contributed by atoms with Crippen molar-refractivity contribution in [3.63, 3.8) is 0 Å². The molecule has 1 rings (SSSR count). The van der Waals surface area contributed by atoms with E-state index in [0.717, 1.165) is 12.0 Å². The molecule has 0 aliphatic carbocycles. The van der Waals surface area contributed by atoms with Gasteiger partial charge in [0.25, 0.3) is 0 Å². The van der Waals surface area contributed by atoms with Gasteiger partial charge in [0.1, 0.15) is 0 Å². The third-order valence-corrected chi connectivity index (χ3v) is 2.93. The van der Waals surface area contributed by atoms with Crippen LogP contribution in [0.5, 0.6) is 0 Å². The first-order chi connectivity index (χ1) is 9.02. The van der Waals surface area contributed by atoms with Crippen LogP contribution in [0.3, 0.4) is 0 Å². The number of rotatable bonds is 5. The van der Waals surface area contributed by atoms with Crippen LogP contribution in [0.1, 0.15) is 44.9 Å². The summed E-state index contributed by atoms with van der Waals surface area (Å²) in [5.41, 5.74) is 2.42. The maximum Gasteiger partial charge on any atom is 0.319 e. The minimum absolute atomic E-state index is 0.00152. The van der Waals surface area contributed by atoms with Crippen molar-refractivity contribution in [2.45, 2.75) is 40.2 Å². The first-order valence-corrected chi connectivity index (χ1v) is 6.85. The number of urea groups is 1. The summed E-state index contributed by atoms with van der Waals surface area (Å²) in [6.07, 6.45) is 4.66. The monoisotopic (exact) mass is 260 g/mol.